The minimum Gasteiger partial charge on any atom is -0.748 e. The Bertz CT molecular complexity index is 1850. The Morgan fingerprint density at radius 2 is 0.562 bits per heavy atom. The van der Waals surface area contributed by atoms with Crippen molar-refractivity contribution < 1.29 is 64.1 Å². The third-order valence-electron chi connectivity index (χ3n) is 12.6. The van der Waals surface area contributed by atoms with Gasteiger partial charge in [0.15, 0.2) is 0 Å². The molecular formula is C56H90CaO14S2. The van der Waals surface area contributed by atoms with Gasteiger partial charge in [0, 0.05) is 0 Å². The van der Waals surface area contributed by atoms with Gasteiger partial charge in [-0.3, -0.25) is 0 Å². The second-order valence-corrected chi connectivity index (χ2v) is 22.6. The van der Waals surface area contributed by atoms with Crippen LogP contribution in [-0.2, 0) is 39.2 Å². The van der Waals surface area contributed by atoms with Crippen molar-refractivity contribution in [3.05, 3.63) is 70.8 Å². The molecule has 0 aliphatic carbocycles. The first-order valence-corrected chi connectivity index (χ1v) is 30.2. The zero-order valence-electron chi connectivity index (χ0n) is 45.1. The van der Waals surface area contributed by atoms with E-state index in [1.807, 2.05) is 0 Å². The van der Waals surface area contributed by atoms with Gasteiger partial charge in [-0.1, -0.05) is 218 Å². The minimum absolute atomic E-state index is 0. The van der Waals surface area contributed by atoms with Gasteiger partial charge in [-0.15, -0.1) is 0 Å². The van der Waals surface area contributed by atoms with Crippen LogP contribution in [0.5, 0.6) is 0 Å². The van der Waals surface area contributed by atoms with E-state index in [2.05, 4.69) is 13.8 Å². The van der Waals surface area contributed by atoms with E-state index < -0.39 is 67.8 Å². The van der Waals surface area contributed by atoms with Crippen LogP contribution in [0.4, 0.5) is 0 Å². The molecule has 0 spiro atoms. The predicted octanol–water partition coefficient (Wildman–Crippen LogP) is 13.2. The molecule has 0 saturated heterocycles. The largest absolute Gasteiger partial charge is 2.00 e. The fraction of sp³-hybridized carbons (Fsp3) is 0.714. The Hall–Kier alpha value is -2.60. The normalized spacial score (nSPS) is 12.1. The summed E-state index contributed by atoms with van der Waals surface area (Å²) in [5.41, 5.74) is 0.0752. The number of esters is 4. The molecule has 0 aromatic heterocycles. The molecule has 2 atom stereocenters. The summed E-state index contributed by atoms with van der Waals surface area (Å²) in [4.78, 5) is 49.5. The molecule has 0 N–H and O–H groups in total. The maximum atomic E-state index is 12.4. The summed E-state index contributed by atoms with van der Waals surface area (Å²) in [5.74, 6) is -3.00. The minimum atomic E-state index is -4.56. The first kappa shape index (κ1) is 70.4. The average Bonchev–Trinajstić information content (AvgIpc) is 3.36. The Labute approximate surface area is 470 Å². The number of unbranched alkanes of at least 4 members (excludes halogenated alkanes) is 28. The Kier molecular flexibility index (Phi) is 42.9. The number of ether oxygens (including phenoxy) is 4. The van der Waals surface area contributed by atoms with E-state index in [0.29, 0.717) is 0 Å². The number of carbonyl (C=O) groups is 4. The van der Waals surface area contributed by atoms with Crippen molar-refractivity contribution in [1.29, 1.82) is 0 Å². The quantitative estimate of drug-likeness (QED) is 0.0198. The SMILES string of the molecule is CCCCCCCCCCCCCCCCCOC(=O)c1ccccc1C(=O)OCC(C)S(=O)(=O)[O-].CCCCCCCCCCCCCCCCCOC(=O)c1ccccc1C(=O)OCC(C)S(=O)(=O)[O-].[Ca+2]. The van der Waals surface area contributed by atoms with E-state index in [1.165, 1.54) is 178 Å². The summed E-state index contributed by atoms with van der Waals surface area (Å²) in [7, 11) is -9.12. The summed E-state index contributed by atoms with van der Waals surface area (Å²) < 4.78 is 86.2. The second kappa shape index (κ2) is 44.5. The molecule has 14 nitrogen and oxygen atoms in total. The summed E-state index contributed by atoms with van der Waals surface area (Å²) in [5, 5.41) is -2.74. The monoisotopic (exact) mass is 1090 g/mol. The molecule has 2 aromatic carbocycles. The Morgan fingerprint density at radius 1 is 0.370 bits per heavy atom. The van der Waals surface area contributed by atoms with Crippen LogP contribution in [0.2, 0.25) is 0 Å². The molecule has 0 bridgehead atoms. The van der Waals surface area contributed by atoms with Gasteiger partial charge in [0.25, 0.3) is 0 Å². The number of carbonyl (C=O) groups excluding carboxylic acids is 4. The maximum Gasteiger partial charge on any atom is 2.00 e. The first-order chi connectivity index (χ1) is 34.5. The number of hydrogen-bond acceptors (Lipinski definition) is 14. The van der Waals surface area contributed by atoms with E-state index in [-0.39, 0.29) is 73.2 Å². The van der Waals surface area contributed by atoms with E-state index in [1.54, 1.807) is 24.3 Å². The van der Waals surface area contributed by atoms with Gasteiger partial charge in [0.05, 0.1) is 46.0 Å². The van der Waals surface area contributed by atoms with Crippen molar-refractivity contribution in [3.8, 4) is 0 Å². The van der Waals surface area contributed by atoms with Crippen molar-refractivity contribution in [2.75, 3.05) is 26.4 Å². The van der Waals surface area contributed by atoms with Crippen molar-refractivity contribution in [3.63, 3.8) is 0 Å². The van der Waals surface area contributed by atoms with Crippen molar-refractivity contribution >= 4 is 81.9 Å². The topological polar surface area (TPSA) is 220 Å². The van der Waals surface area contributed by atoms with Gasteiger partial charge in [-0.25, -0.2) is 36.0 Å². The van der Waals surface area contributed by atoms with Crippen molar-refractivity contribution in [2.45, 2.75) is 231 Å². The van der Waals surface area contributed by atoms with Crippen LogP contribution in [0.25, 0.3) is 0 Å². The zero-order chi connectivity index (χ0) is 53.3. The van der Waals surface area contributed by atoms with Crippen LogP contribution < -0.4 is 0 Å². The molecule has 0 aliphatic heterocycles. The smallest absolute Gasteiger partial charge is 0.748 e. The fourth-order valence-electron chi connectivity index (χ4n) is 7.82. The Morgan fingerprint density at radius 3 is 0.767 bits per heavy atom. The van der Waals surface area contributed by atoms with E-state index in [9.17, 15) is 45.1 Å². The van der Waals surface area contributed by atoms with Gasteiger partial charge in [0.1, 0.15) is 33.5 Å². The third kappa shape index (κ3) is 36.1. The molecule has 17 heteroatoms. The maximum absolute atomic E-state index is 12.4. The molecule has 0 saturated carbocycles. The summed E-state index contributed by atoms with van der Waals surface area (Å²) in [6, 6.07) is 12.1. The van der Waals surface area contributed by atoms with Crippen LogP contribution in [0.15, 0.2) is 48.5 Å². The van der Waals surface area contributed by atoms with Gasteiger partial charge in [-0.05, 0) is 51.0 Å². The molecule has 0 fully saturated rings. The molecule has 412 valence electrons. The molecule has 2 unspecified atom stereocenters. The fourth-order valence-corrected chi connectivity index (χ4v) is 8.29. The van der Waals surface area contributed by atoms with Crippen LogP contribution in [-0.4, -0.2) is 124 Å². The van der Waals surface area contributed by atoms with Crippen molar-refractivity contribution in [1.82, 2.24) is 0 Å². The molecule has 2 rings (SSSR count). The standard InChI is InChI=1S/2C28H46O7S.Ca/c2*1-3-4-5-6-7-8-9-10-11-12-13-14-15-16-19-22-34-27(29)25-20-17-18-21-26(25)28(30)35-23-24(2)36(31,32)33;/h2*17-18,20-21,24H,3-16,19,22-23H2,1-2H3,(H,31,32,33);/q;;+2/p-2. The number of benzene rings is 2. The second-order valence-electron chi connectivity index (χ2n) is 19.1. The van der Waals surface area contributed by atoms with Gasteiger partial charge >= 0.3 is 61.6 Å². The van der Waals surface area contributed by atoms with E-state index in [0.717, 1.165) is 52.4 Å². The number of rotatable bonds is 42. The van der Waals surface area contributed by atoms with Gasteiger partial charge in [-0.2, -0.15) is 0 Å². The summed E-state index contributed by atoms with van der Waals surface area (Å²) >= 11 is 0. The van der Waals surface area contributed by atoms with Crippen molar-refractivity contribution in [2.24, 2.45) is 0 Å². The molecular weight excluding hydrogens is 1000 g/mol. The van der Waals surface area contributed by atoms with Crippen LogP contribution in [0.1, 0.15) is 262 Å². The molecule has 73 heavy (non-hydrogen) atoms. The molecule has 0 radical (unpaired) electrons. The van der Waals surface area contributed by atoms with E-state index >= 15 is 0 Å². The predicted molar refractivity (Wildman–Crippen MR) is 288 cm³/mol. The molecule has 2 aromatic rings. The molecule has 0 aliphatic rings. The molecule has 0 heterocycles. The zero-order valence-corrected chi connectivity index (χ0v) is 48.9. The first-order valence-electron chi connectivity index (χ1n) is 27.3. The number of hydrogen-bond donors (Lipinski definition) is 0. The third-order valence-corrected chi connectivity index (χ3v) is 14.8. The van der Waals surface area contributed by atoms with E-state index in [4.69, 9.17) is 18.9 Å². The summed E-state index contributed by atoms with van der Waals surface area (Å²) in [6.45, 7) is 6.21. The average molecular weight is 1090 g/mol. The van der Waals surface area contributed by atoms with Crippen LogP contribution in [0.3, 0.4) is 0 Å². The molecule has 0 amide bonds. The Balaban J connectivity index is 0.00000140. The van der Waals surface area contributed by atoms with Gasteiger partial charge < -0.3 is 28.1 Å². The van der Waals surface area contributed by atoms with Crippen LogP contribution in [0, 0.1) is 0 Å². The summed E-state index contributed by atoms with van der Waals surface area (Å²) in [6.07, 6.45) is 37.6. The van der Waals surface area contributed by atoms with Gasteiger partial charge in [0.2, 0.25) is 0 Å². The van der Waals surface area contributed by atoms with Crippen LogP contribution >= 0.6 is 0 Å².